The van der Waals surface area contributed by atoms with E-state index in [1.807, 2.05) is 22.6 Å². The van der Waals surface area contributed by atoms with Crippen LogP contribution in [0.4, 0.5) is 5.69 Å². The van der Waals surface area contributed by atoms with Crippen LogP contribution >= 0.6 is 34.2 Å². The van der Waals surface area contributed by atoms with E-state index in [-0.39, 0.29) is 18.4 Å². The van der Waals surface area contributed by atoms with Crippen molar-refractivity contribution < 1.29 is 9.59 Å². The number of hydrogen-bond donors (Lipinski definition) is 2. The fourth-order valence-corrected chi connectivity index (χ4v) is 3.29. The highest BCUT2D eigenvalue weighted by Crippen LogP contribution is 2.18. The topological polar surface area (TPSA) is 88.9 Å². The van der Waals surface area contributed by atoms with E-state index >= 15 is 0 Å². The van der Waals surface area contributed by atoms with Gasteiger partial charge in [0, 0.05) is 14.3 Å². The van der Waals surface area contributed by atoms with Gasteiger partial charge in [-0.15, -0.1) is 0 Å². The van der Waals surface area contributed by atoms with Crippen LogP contribution in [0.3, 0.4) is 0 Å². The van der Waals surface area contributed by atoms with Crippen LogP contribution in [0.25, 0.3) is 5.69 Å². The zero-order chi connectivity index (χ0) is 18.5. The zero-order valence-electron chi connectivity index (χ0n) is 13.3. The Balaban J connectivity index is 1.54. The first-order chi connectivity index (χ1) is 12.5. The molecule has 7 nitrogen and oxygen atoms in total. The second-order valence-electron chi connectivity index (χ2n) is 5.24. The minimum absolute atomic E-state index is 0.137. The molecule has 26 heavy (non-hydrogen) atoms. The highest BCUT2D eigenvalue weighted by atomic mass is 127. The molecule has 2 N–H and O–H groups in total. The summed E-state index contributed by atoms with van der Waals surface area (Å²) in [5, 5.41) is 9.90. The Hall–Kier alpha value is -2.46. The van der Waals surface area contributed by atoms with Crippen molar-refractivity contribution in [1.29, 1.82) is 0 Å². The number of hydrogen-bond acceptors (Lipinski definition) is 4. The SMILES string of the molecule is O=C(CNC(=O)c1ccc(Cl)cc1I)Nc1ccc(-n2cncn2)cc1. The van der Waals surface area contributed by atoms with E-state index < -0.39 is 0 Å². The van der Waals surface area contributed by atoms with Gasteiger partial charge in [0.25, 0.3) is 5.91 Å². The number of benzene rings is 2. The van der Waals surface area contributed by atoms with Crippen LogP contribution in [0.2, 0.25) is 5.02 Å². The Bertz CT molecular complexity index is 929. The Kier molecular flexibility index (Phi) is 5.84. The number of amides is 2. The quantitative estimate of drug-likeness (QED) is 0.549. The third kappa shape index (κ3) is 4.58. The smallest absolute Gasteiger partial charge is 0.252 e. The normalized spacial score (nSPS) is 10.4. The predicted octanol–water partition coefficient (Wildman–Crippen LogP) is 2.89. The summed E-state index contributed by atoms with van der Waals surface area (Å²) in [6.45, 7) is -0.137. The molecule has 9 heteroatoms. The molecule has 3 aromatic rings. The first-order valence-electron chi connectivity index (χ1n) is 7.51. The van der Waals surface area contributed by atoms with E-state index in [0.717, 1.165) is 9.26 Å². The van der Waals surface area contributed by atoms with Crippen LogP contribution in [0.15, 0.2) is 55.1 Å². The zero-order valence-corrected chi connectivity index (χ0v) is 16.2. The van der Waals surface area contributed by atoms with Crippen molar-refractivity contribution in [3.05, 3.63) is 69.3 Å². The number of halogens is 2. The highest BCUT2D eigenvalue weighted by molar-refractivity contribution is 14.1. The molecule has 0 aliphatic carbocycles. The average molecular weight is 482 g/mol. The fourth-order valence-electron chi connectivity index (χ4n) is 2.17. The summed E-state index contributed by atoms with van der Waals surface area (Å²) in [7, 11) is 0. The Morgan fingerprint density at radius 2 is 1.92 bits per heavy atom. The van der Waals surface area contributed by atoms with Crippen LogP contribution in [0.1, 0.15) is 10.4 Å². The van der Waals surface area contributed by atoms with E-state index in [0.29, 0.717) is 16.3 Å². The molecule has 1 aromatic heterocycles. The Labute approximate surface area is 167 Å². The molecule has 1 heterocycles. The third-order valence-electron chi connectivity index (χ3n) is 3.42. The number of nitrogens with zero attached hydrogens (tertiary/aromatic N) is 3. The molecule has 0 spiro atoms. The monoisotopic (exact) mass is 481 g/mol. The molecule has 3 rings (SSSR count). The third-order valence-corrected chi connectivity index (χ3v) is 4.55. The summed E-state index contributed by atoms with van der Waals surface area (Å²) >= 11 is 7.90. The molecule has 0 aliphatic heterocycles. The molecule has 2 aromatic carbocycles. The van der Waals surface area contributed by atoms with Crippen molar-refractivity contribution in [3.8, 4) is 5.69 Å². The van der Waals surface area contributed by atoms with Gasteiger partial charge in [0.1, 0.15) is 12.7 Å². The maximum absolute atomic E-state index is 12.2. The van der Waals surface area contributed by atoms with E-state index in [1.54, 1.807) is 53.5 Å². The Morgan fingerprint density at radius 1 is 1.15 bits per heavy atom. The van der Waals surface area contributed by atoms with Gasteiger partial charge < -0.3 is 10.6 Å². The van der Waals surface area contributed by atoms with Gasteiger partial charge in [-0.1, -0.05) is 11.6 Å². The first-order valence-corrected chi connectivity index (χ1v) is 8.97. The van der Waals surface area contributed by atoms with Gasteiger partial charge in [-0.3, -0.25) is 9.59 Å². The van der Waals surface area contributed by atoms with E-state index in [1.165, 1.54) is 6.33 Å². The van der Waals surface area contributed by atoms with Crippen molar-refractivity contribution >= 4 is 51.7 Å². The molecular formula is C17H13ClIN5O2. The number of anilines is 1. The van der Waals surface area contributed by atoms with Crippen LogP contribution < -0.4 is 10.6 Å². The fraction of sp³-hybridized carbons (Fsp3) is 0.0588. The minimum Gasteiger partial charge on any atom is -0.343 e. The summed E-state index contributed by atoms with van der Waals surface area (Å²) in [6, 6.07) is 12.1. The molecule has 0 aliphatic rings. The second kappa shape index (κ2) is 8.28. The molecule has 0 saturated carbocycles. The van der Waals surface area contributed by atoms with Crippen molar-refractivity contribution in [2.75, 3.05) is 11.9 Å². The highest BCUT2D eigenvalue weighted by Gasteiger charge is 2.12. The van der Waals surface area contributed by atoms with Crippen molar-refractivity contribution in [3.63, 3.8) is 0 Å². The number of aromatic nitrogens is 3. The van der Waals surface area contributed by atoms with Gasteiger partial charge in [-0.25, -0.2) is 9.67 Å². The Morgan fingerprint density at radius 3 is 2.58 bits per heavy atom. The average Bonchev–Trinajstić information content (AvgIpc) is 3.15. The lowest BCUT2D eigenvalue weighted by Gasteiger charge is -2.09. The van der Waals surface area contributed by atoms with Gasteiger partial charge in [0.15, 0.2) is 0 Å². The standard InChI is InChI=1S/C17H13ClIN5O2/c18-11-1-6-14(15(19)7-11)17(26)21-8-16(25)23-12-2-4-13(5-3-12)24-10-20-9-22-24/h1-7,9-10H,8H2,(H,21,26)(H,23,25). The summed E-state index contributed by atoms with van der Waals surface area (Å²) in [4.78, 5) is 28.1. The van der Waals surface area contributed by atoms with Crippen LogP contribution in [-0.4, -0.2) is 33.1 Å². The maximum atomic E-state index is 12.2. The van der Waals surface area contributed by atoms with Gasteiger partial charge in [0.2, 0.25) is 5.91 Å². The molecule has 0 radical (unpaired) electrons. The predicted molar refractivity (Wildman–Crippen MR) is 106 cm³/mol. The van der Waals surface area contributed by atoms with Crippen molar-refractivity contribution in [1.82, 2.24) is 20.1 Å². The van der Waals surface area contributed by atoms with Gasteiger partial charge in [-0.2, -0.15) is 5.10 Å². The largest absolute Gasteiger partial charge is 0.343 e. The van der Waals surface area contributed by atoms with Crippen molar-refractivity contribution in [2.45, 2.75) is 0 Å². The molecular weight excluding hydrogens is 469 g/mol. The molecule has 0 fully saturated rings. The molecule has 2 amide bonds. The molecule has 0 unspecified atom stereocenters. The number of carbonyl (C=O) groups excluding carboxylic acids is 2. The van der Waals surface area contributed by atoms with E-state index in [2.05, 4.69) is 20.7 Å². The van der Waals surface area contributed by atoms with Gasteiger partial charge >= 0.3 is 0 Å². The van der Waals surface area contributed by atoms with Crippen molar-refractivity contribution in [2.24, 2.45) is 0 Å². The number of rotatable bonds is 5. The first kappa shape index (κ1) is 18.3. The lowest BCUT2D eigenvalue weighted by atomic mass is 10.2. The van der Waals surface area contributed by atoms with Gasteiger partial charge in [-0.05, 0) is 65.1 Å². The molecule has 0 bridgehead atoms. The molecule has 0 atom stereocenters. The van der Waals surface area contributed by atoms with Crippen LogP contribution in [0, 0.1) is 3.57 Å². The summed E-state index contributed by atoms with van der Waals surface area (Å²) in [6.07, 6.45) is 3.03. The summed E-state index contributed by atoms with van der Waals surface area (Å²) in [5.41, 5.74) is 1.92. The number of carbonyl (C=O) groups is 2. The molecule has 132 valence electrons. The number of nitrogens with one attached hydrogen (secondary N) is 2. The maximum Gasteiger partial charge on any atom is 0.252 e. The lowest BCUT2D eigenvalue weighted by Crippen LogP contribution is -2.33. The van der Waals surface area contributed by atoms with Crippen LogP contribution in [0.5, 0.6) is 0 Å². The lowest BCUT2D eigenvalue weighted by molar-refractivity contribution is -0.115. The van der Waals surface area contributed by atoms with Gasteiger partial charge in [0.05, 0.1) is 17.8 Å². The summed E-state index contributed by atoms with van der Waals surface area (Å²) < 4.78 is 2.33. The molecule has 0 saturated heterocycles. The summed E-state index contributed by atoms with van der Waals surface area (Å²) in [5.74, 6) is -0.654. The minimum atomic E-state index is -0.331. The second-order valence-corrected chi connectivity index (χ2v) is 6.84. The van der Waals surface area contributed by atoms with Crippen LogP contribution in [-0.2, 0) is 4.79 Å². The van der Waals surface area contributed by atoms with E-state index in [9.17, 15) is 9.59 Å². The van der Waals surface area contributed by atoms with E-state index in [4.69, 9.17) is 11.6 Å².